The van der Waals surface area contributed by atoms with Crippen LogP contribution in [0.1, 0.15) is 74.7 Å². The van der Waals surface area contributed by atoms with Gasteiger partial charge in [-0.1, -0.05) is 64.5 Å². The second kappa shape index (κ2) is 10.3. The molecule has 0 saturated carbocycles. The number of benzene rings is 1. The minimum absolute atomic E-state index is 0.275. The van der Waals surface area contributed by atoms with Gasteiger partial charge < -0.3 is 9.84 Å². The Morgan fingerprint density at radius 2 is 1.71 bits per heavy atom. The first kappa shape index (κ1) is 17.5. The number of ether oxygens (including phenoxy) is 1. The third-order valence-corrected chi connectivity index (χ3v) is 3.70. The molecule has 0 aliphatic carbocycles. The lowest BCUT2D eigenvalue weighted by Crippen LogP contribution is -2.07. The average molecular weight is 292 g/mol. The van der Waals surface area contributed by atoms with Crippen LogP contribution < -0.4 is 4.74 Å². The van der Waals surface area contributed by atoms with Crippen LogP contribution in [0.4, 0.5) is 0 Å². The Labute approximate surface area is 128 Å². The van der Waals surface area contributed by atoms with E-state index >= 15 is 0 Å². The van der Waals surface area contributed by atoms with Gasteiger partial charge in [0.05, 0.1) is 6.61 Å². The summed E-state index contributed by atoms with van der Waals surface area (Å²) in [5, 5.41) is 9.23. The average Bonchev–Trinajstić information content (AvgIpc) is 2.49. The molecule has 0 unspecified atom stereocenters. The first-order valence-electron chi connectivity index (χ1n) is 8.18. The Hall–Kier alpha value is -1.51. The molecule has 0 saturated heterocycles. The van der Waals surface area contributed by atoms with Crippen molar-refractivity contribution in [2.75, 3.05) is 6.61 Å². The number of aromatic carboxylic acids is 1. The van der Waals surface area contributed by atoms with E-state index in [0.29, 0.717) is 12.4 Å². The van der Waals surface area contributed by atoms with Crippen molar-refractivity contribution in [2.45, 2.75) is 65.2 Å². The number of unbranched alkanes of at least 4 members (excludes halogenated alkanes) is 6. The monoisotopic (exact) mass is 292 g/mol. The third-order valence-electron chi connectivity index (χ3n) is 3.70. The van der Waals surface area contributed by atoms with E-state index in [9.17, 15) is 9.90 Å². The van der Waals surface area contributed by atoms with Crippen LogP contribution >= 0.6 is 0 Å². The van der Waals surface area contributed by atoms with Crippen molar-refractivity contribution in [3.63, 3.8) is 0 Å². The van der Waals surface area contributed by atoms with Crippen molar-refractivity contribution < 1.29 is 14.6 Å². The summed E-state index contributed by atoms with van der Waals surface area (Å²) in [6.07, 6.45) is 9.37. The number of carboxylic acid groups (broad SMARTS) is 1. The van der Waals surface area contributed by atoms with Gasteiger partial charge >= 0.3 is 5.97 Å². The summed E-state index contributed by atoms with van der Waals surface area (Å²) in [7, 11) is 0. The summed E-state index contributed by atoms with van der Waals surface area (Å²) in [6, 6.07) is 5.33. The molecule has 1 rings (SSSR count). The summed E-state index contributed by atoms with van der Waals surface area (Å²) in [4.78, 5) is 11.2. The van der Waals surface area contributed by atoms with Crippen LogP contribution in [0.2, 0.25) is 0 Å². The molecule has 0 amide bonds. The maximum atomic E-state index is 11.2. The predicted molar refractivity (Wildman–Crippen MR) is 86.3 cm³/mol. The van der Waals surface area contributed by atoms with Crippen LogP contribution in [-0.2, 0) is 6.42 Å². The van der Waals surface area contributed by atoms with Crippen LogP contribution in [-0.4, -0.2) is 17.7 Å². The molecule has 3 nitrogen and oxygen atoms in total. The first-order valence-corrected chi connectivity index (χ1v) is 8.18. The molecule has 3 heteroatoms. The predicted octanol–water partition coefficient (Wildman–Crippen LogP) is 5.08. The molecule has 0 fully saturated rings. The van der Waals surface area contributed by atoms with Crippen molar-refractivity contribution in [1.82, 2.24) is 0 Å². The topological polar surface area (TPSA) is 46.5 Å². The fourth-order valence-electron chi connectivity index (χ4n) is 2.44. The van der Waals surface area contributed by atoms with E-state index in [1.165, 1.54) is 32.1 Å². The number of hydrogen-bond acceptors (Lipinski definition) is 2. The second-order valence-corrected chi connectivity index (χ2v) is 5.42. The van der Waals surface area contributed by atoms with Gasteiger partial charge in [0.15, 0.2) is 0 Å². The van der Waals surface area contributed by atoms with E-state index in [0.717, 1.165) is 24.8 Å². The molecule has 0 atom stereocenters. The van der Waals surface area contributed by atoms with E-state index in [2.05, 4.69) is 6.92 Å². The molecular formula is C18H28O3. The molecule has 1 aromatic rings. The van der Waals surface area contributed by atoms with Crippen LogP contribution in [0, 0.1) is 0 Å². The highest BCUT2D eigenvalue weighted by atomic mass is 16.5. The lowest BCUT2D eigenvalue weighted by molar-refractivity contribution is 0.0692. The van der Waals surface area contributed by atoms with Gasteiger partial charge in [0.2, 0.25) is 0 Å². The maximum absolute atomic E-state index is 11.2. The van der Waals surface area contributed by atoms with E-state index < -0.39 is 5.97 Å². The molecule has 0 heterocycles. The van der Waals surface area contributed by atoms with Gasteiger partial charge in [-0.2, -0.15) is 0 Å². The molecule has 0 bridgehead atoms. The zero-order valence-electron chi connectivity index (χ0n) is 13.4. The highest BCUT2D eigenvalue weighted by Gasteiger charge is 2.14. The van der Waals surface area contributed by atoms with Gasteiger partial charge in [0, 0.05) is 0 Å². The van der Waals surface area contributed by atoms with Crippen molar-refractivity contribution in [1.29, 1.82) is 0 Å². The zero-order valence-corrected chi connectivity index (χ0v) is 13.4. The molecule has 0 aliphatic heterocycles. The molecule has 21 heavy (non-hydrogen) atoms. The van der Waals surface area contributed by atoms with Gasteiger partial charge in [-0.3, -0.25) is 0 Å². The summed E-state index contributed by atoms with van der Waals surface area (Å²) in [6.45, 7) is 4.84. The first-order chi connectivity index (χ1) is 10.2. The van der Waals surface area contributed by atoms with Gasteiger partial charge in [-0.15, -0.1) is 0 Å². The minimum Gasteiger partial charge on any atom is -0.492 e. The third kappa shape index (κ3) is 6.19. The summed E-state index contributed by atoms with van der Waals surface area (Å²) in [5.41, 5.74) is 1.25. The highest BCUT2D eigenvalue weighted by Crippen LogP contribution is 2.25. The lowest BCUT2D eigenvalue weighted by atomic mass is 10.1. The lowest BCUT2D eigenvalue weighted by Gasteiger charge is -2.13. The number of carboxylic acids is 1. The number of hydrogen-bond donors (Lipinski definition) is 1. The number of aryl methyl sites for hydroxylation is 1. The molecule has 1 aromatic carbocycles. The standard InChI is InChI=1S/C18H28O3/c1-3-5-6-7-8-9-10-14-21-17-15(4-2)12-11-13-16(17)18(19)20/h11-13H,3-10,14H2,1-2H3,(H,19,20). The van der Waals surface area contributed by atoms with Crippen LogP contribution in [0.5, 0.6) is 5.75 Å². The smallest absolute Gasteiger partial charge is 0.339 e. The fraction of sp³-hybridized carbons (Fsp3) is 0.611. The van der Waals surface area contributed by atoms with Crippen molar-refractivity contribution in [3.8, 4) is 5.75 Å². The van der Waals surface area contributed by atoms with E-state index in [1.54, 1.807) is 12.1 Å². The summed E-state index contributed by atoms with van der Waals surface area (Å²) in [5.74, 6) is -0.363. The van der Waals surface area contributed by atoms with E-state index in [1.807, 2.05) is 13.0 Å². The zero-order chi connectivity index (χ0) is 15.5. The molecule has 0 radical (unpaired) electrons. The summed E-state index contributed by atoms with van der Waals surface area (Å²) < 4.78 is 5.77. The fourth-order valence-corrected chi connectivity index (χ4v) is 2.44. The maximum Gasteiger partial charge on any atom is 0.339 e. The Bertz CT molecular complexity index is 426. The van der Waals surface area contributed by atoms with Gasteiger partial charge in [-0.05, 0) is 24.5 Å². The van der Waals surface area contributed by atoms with Crippen molar-refractivity contribution in [2.24, 2.45) is 0 Å². The minimum atomic E-state index is -0.917. The Morgan fingerprint density at radius 3 is 2.33 bits per heavy atom. The SMILES string of the molecule is CCCCCCCCCOc1c(CC)cccc1C(=O)O. The molecule has 0 aliphatic rings. The van der Waals surface area contributed by atoms with E-state index in [-0.39, 0.29) is 5.56 Å². The van der Waals surface area contributed by atoms with Gasteiger partial charge in [0.1, 0.15) is 11.3 Å². The molecule has 1 N–H and O–H groups in total. The normalized spacial score (nSPS) is 10.6. The van der Waals surface area contributed by atoms with Crippen LogP contribution in [0.25, 0.3) is 0 Å². The quantitative estimate of drug-likeness (QED) is 0.579. The molecular weight excluding hydrogens is 264 g/mol. The van der Waals surface area contributed by atoms with Crippen molar-refractivity contribution in [3.05, 3.63) is 29.3 Å². The Morgan fingerprint density at radius 1 is 1.05 bits per heavy atom. The summed E-state index contributed by atoms with van der Waals surface area (Å²) >= 11 is 0. The van der Waals surface area contributed by atoms with Crippen molar-refractivity contribution >= 4 is 5.97 Å². The number of carbonyl (C=O) groups is 1. The number of rotatable bonds is 11. The molecule has 0 aromatic heterocycles. The van der Waals surface area contributed by atoms with Crippen LogP contribution in [0.15, 0.2) is 18.2 Å². The Balaban J connectivity index is 2.39. The molecule has 0 spiro atoms. The van der Waals surface area contributed by atoms with E-state index in [4.69, 9.17) is 4.74 Å². The van der Waals surface area contributed by atoms with Gasteiger partial charge in [0.25, 0.3) is 0 Å². The van der Waals surface area contributed by atoms with Gasteiger partial charge in [-0.25, -0.2) is 4.79 Å². The largest absolute Gasteiger partial charge is 0.492 e. The number of para-hydroxylation sites is 1. The molecule has 118 valence electrons. The highest BCUT2D eigenvalue weighted by molar-refractivity contribution is 5.91. The Kier molecular flexibility index (Phi) is 8.56. The van der Waals surface area contributed by atoms with Crippen LogP contribution in [0.3, 0.4) is 0 Å². The second-order valence-electron chi connectivity index (χ2n) is 5.42.